The Kier molecular flexibility index (Phi) is 9.48. The third-order valence-electron chi connectivity index (χ3n) is 5.90. The largest absolute Gasteiger partial charge is 0.490 e. The number of benzene rings is 4. The normalized spacial score (nSPS) is 15.1. The first kappa shape index (κ1) is 29.4. The van der Waals surface area contributed by atoms with Crippen molar-refractivity contribution in [1.82, 2.24) is 0 Å². The van der Waals surface area contributed by atoms with Gasteiger partial charge in [0.1, 0.15) is 6.61 Å². The van der Waals surface area contributed by atoms with Crippen molar-refractivity contribution in [2.24, 2.45) is 4.99 Å². The van der Waals surface area contributed by atoms with Crippen molar-refractivity contribution in [3.63, 3.8) is 0 Å². The zero-order valence-corrected chi connectivity index (χ0v) is 25.5. The first-order valence-electron chi connectivity index (χ1n) is 12.5. The lowest BCUT2D eigenvalue weighted by atomic mass is 10.1. The Morgan fingerprint density at radius 1 is 0.854 bits per heavy atom. The number of amides is 1. The van der Waals surface area contributed by atoms with Crippen molar-refractivity contribution in [1.29, 1.82) is 0 Å². The highest BCUT2D eigenvalue weighted by Crippen LogP contribution is 2.41. The number of rotatable bonds is 8. The van der Waals surface area contributed by atoms with E-state index < -0.39 is 0 Å². The molecule has 1 fully saturated rings. The number of hydrogen-bond donors (Lipinski definition) is 0. The number of aliphatic imine (C=N–C) groups is 1. The minimum Gasteiger partial charge on any atom is -0.490 e. The number of anilines is 1. The summed E-state index contributed by atoms with van der Waals surface area (Å²) in [4.78, 5) is 20.4. The maximum atomic E-state index is 13.7. The maximum Gasteiger partial charge on any atom is 0.271 e. The molecule has 5 nitrogen and oxygen atoms in total. The second-order valence-corrected chi connectivity index (χ2v) is 11.4. The van der Waals surface area contributed by atoms with Gasteiger partial charge in [0.05, 0.1) is 27.9 Å². The molecule has 1 aliphatic heterocycles. The average Bonchev–Trinajstić information content (AvgIpc) is 3.25. The Morgan fingerprint density at radius 3 is 2.22 bits per heavy atom. The van der Waals surface area contributed by atoms with Crippen LogP contribution in [0.25, 0.3) is 6.08 Å². The smallest absolute Gasteiger partial charge is 0.271 e. The summed E-state index contributed by atoms with van der Waals surface area (Å²) in [7, 11) is 0. The number of nitrogens with zero attached hydrogens (tertiary/aromatic N) is 2. The number of hydrogen-bond acceptors (Lipinski definition) is 5. The highest BCUT2D eigenvalue weighted by molar-refractivity contribution is 8.19. The molecule has 0 unspecified atom stereocenters. The van der Waals surface area contributed by atoms with Crippen LogP contribution in [0.3, 0.4) is 0 Å². The molecule has 0 spiro atoms. The minimum atomic E-state index is -0.238. The van der Waals surface area contributed by atoms with Crippen molar-refractivity contribution < 1.29 is 14.3 Å². The summed E-state index contributed by atoms with van der Waals surface area (Å²) in [6.07, 6.45) is 1.76. The van der Waals surface area contributed by atoms with E-state index >= 15 is 0 Å². The Hall–Kier alpha value is -3.13. The Labute approximate surface area is 262 Å². The SMILES string of the molecule is CCOc1cc(/C=C2\SC(=Nc3ccc(Cl)cc3)N(c3ccc(Cl)cc3)C2=O)cc(Cl)c1OCc1ccccc1Cl. The zero-order valence-electron chi connectivity index (χ0n) is 21.6. The van der Waals surface area contributed by atoms with Gasteiger partial charge in [0.15, 0.2) is 16.7 Å². The quantitative estimate of drug-likeness (QED) is 0.179. The van der Waals surface area contributed by atoms with Crippen LogP contribution >= 0.6 is 58.2 Å². The molecular formula is C31H22Cl4N2O3S. The van der Waals surface area contributed by atoms with Crippen LogP contribution in [0.2, 0.25) is 20.1 Å². The third-order valence-corrected chi connectivity index (χ3v) is 8.02. The van der Waals surface area contributed by atoms with E-state index in [-0.39, 0.29) is 12.5 Å². The Morgan fingerprint density at radius 2 is 1.54 bits per heavy atom. The standard InChI is InChI=1S/C31H22Cl4N2O3S/c1-2-39-27-16-19(15-26(35)29(27)40-18-20-5-3-4-6-25(20)34)17-28-30(38)37(24-13-9-22(33)10-14-24)31(41-28)36-23-11-7-21(32)8-12-23/h3-17H,2,18H2,1H3/b28-17-,36-31?. The maximum absolute atomic E-state index is 13.7. The second kappa shape index (κ2) is 13.2. The summed E-state index contributed by atoms with van der Waals surface area (Å²) >= 11 is 26.4. The summed E-state index contributed by atoms with van der Waals surface area (Å²) in [6, 6.07) is 25.0. The number of amidine groups is 1. The number of ether oxygens (including phenoxy) is 2. The molecule has 0 atom stereocenters. The van der Waals surface area contributed by atoms with E-state index in [0.29, 0.717) is 65.2 Å². The van der Waals surface area contributed by atoms with Crippen molar-refractivity contribution >= 4 is 86.7 Å². The van der Waals surface area contributed by atoms with Gasteiger partial charge < -0.3 is 9.47 Å². The first-order chi connectivity index (χ1) is 19.8. The van der Waals surface area contributed by atoms with Gasteiger partial charge in [-0.3, -0.25) is 9.69 Å². The third kappa shape index (κ3) is 7.03. The van der Waals surface area contributed by atoms with Gasteiger partial charge in [-0.15, -0.1) is 0 Å². The highest BCUT2D eigenvalue weighted by Gasteiger charge is 2.35. The zero-order chi connectivity index (χ0) is 28.9. The number of halogens is 4. The number of carbonyl (C=O) groups is 1. The van der Waals surface area contributed by atoms with Crippen LogP contribution in [-0.2, 0) is 11.4 Å². The van der Waals surface area contributed by atoms with Gasteiger partial charge in [0.2, 0.25) is 0 Å². The first-order valence-corrected chi connectivity index (χ1v) is 14.8. The van der Waals surface area contributed by atoms with Crippen molar-refractivity contribution in [3.05, 3.63) is 121 Å². The Bertz CT molecular complexity index is 1640. The van der Waals surface area contributed by atoms with Crippen molar-refractivity contribution in [2.45, 2.75) is 13.5 Å². The molecule has 1 amide bonds. The fourth-order valence-corrected chi connectivity index (χ4v) is 5.70. The summed E-state index contributed by atoms with van der Waals surface area (Å²) in [6.45, 7) is 2.49. The van der Waals surface area contributed by atoms with E-state index in [1.165, 1.54) is 11.8 Å². The molecule has 41 heavy (non-hydrogen) atoms. The van der Waals surface area contributed by atoms with Gasteiger partial charge in [0.25, 0.3) is 5.91 Å². The highest BCUT2D eigenvalue weighted by atomic mass is 35.5. The monoisotopic (exact) mass is 642 g/mol. The van der Waals surface area contributed by atoms with Crippen LogP contribution < -0.4 is 14.4 Å². The lowest BCUT2D eigenvalue weighted by molar-refractivity contribution is -0.113. The second-order valence-electron chi connectivity index (χ2n) is 8.74. The molecule has 5 rings (SSSR count). The van der Waals surface area contributed by atoms with E-state index in [4.69, 9.17) is 60.9 Å². The average molecular weight is 644 g/mol. The molecule has 0 saturated carbocycles. The fourth-order valence-electron chi connectivity index (χ4n) is 3.98. The summed E-state index contributed by atoms with van der Waals surface area (Å²) < 4.78 is 11.9. The molecule has 208 valence electrons. The predicted molar refractivity (Wildman–Crippen MR) is 171 cm³/mol. The molecule has 4 aromatic carbocycles. The van der Waals surface area contributed by atoms with Gasteiger partial charge >= 0.3 is 0 Å². The van der Waals surface area contributed by atoms with Crippen molar-refractivity contribution in [3.8, 4) is 11.5 Å². The molecular weight excluding hydrogens is 622 g/mol. The van der Waals surface area contributed by atoms with Crippen LogP contribution in [-0.4, -0.2) is 17.7 Å². The molecule has 0 N–H and O–H groups in total. The molecule has 0 aliphatic carbocycles. The Balaban J connectivity index is 1.49. The van der Waals surface area contributed by atoms with Crippen LogP contribution in [0.15, 0.2) is 94.8 Å². The molecule has 1 heterocycles. The topological polar surface area (TPSA) is 51.1 Å². The lowest BCUT2D eigenvalue weighted by Gasteiger charge is -2.16. The molecule has 0 bridgehead atoms. The van der Waals surface area contributed by atoms with Crippen molar-refractivity contribution in [2.75, 3.05) is 11.5 Å². The van der Waals surface area contributed by atoms with Gasteiger partial charge in [-0.05, 0) is 97.1 Å². The van der Waals surface area contributed by atoms with E-state index in [2.05, 4.69) is 0 Å². The number of carbonyl (C=O) groups excluding carboxylic acids is 1. The van der Waals surface area contributed by atoms with E-state index in [1.54, 1.807) is 77.7 Å². The van der Waals surface area contributed by atoms with Gasteiger partial charge in [-0.2, -0.15) is 0 Å². The van der Waals surface area contributed by atoms with Gasteiger partial charge in [0, 0.05) is 20.6 Å². The van der Waals surface area contributed by atoms with E-state index in [1.807, 2.05) is 25.1 Å². The molecule has 10 heteroatoms. The summed E-state index contributed by atoms with van der Waals surface area (Å²) in [5.41, 5.74) is 2.79. The lowest BCUT2D eigenvalue weighted by Crippen LogP contribution is -2.28. The van der Waals surface area contributed by atoms with E-state index in [0.717, 1.165) is 5.56 Å². The number of thioether (sulfide) groups is 1. The fraction of sp³-hybridized carbons (Fsp3) is 0.0968. The molecule has 0 radical (unpaired) electrons. The molecule has 1 saturated heterocycles. The van der Waals surface area contributed by atoms with Gasteiger partial charge in [-0.25, -0.2) is 4.99 Å². The van der Waals surface area contributed by atoms with Crippen LogP contribution in [0.1, 0.15) is 18.1 Å². The van der Waals surface area contributed by atoms with Crippen LogP contribution in [0.5, 0.6) is 11.5 Å². The summed E-state index contributed by atoms with van der Waals surface area (Å²) in [5, 5.41) is 2.59. The predicted octanol–water partition coefficient (Wildman–Crippen LogP) is 10.1. The minimum absolute atomic E-state index is 0.217. The van der Waals surface area contributed by atoms with E-state index in [9.17, 15) is 4.79 Å². The molecule has 0 aromatic heterocycles. The molecule has 1 aliphatic rings. The summed E-state index contributed by atoms with van der Waals surface area (Å²) in [5.74, 6) is 0.617. The van der Waals surface area contributed by atoms with Crippen LogP contribution in [0.4, 0.5) is 11.4 Å². The van der Waals surface area contributed by atoms with Crippen LogP contribution in [0, 0.1) is 0 Å². The molecule has 4 aromatic rings. The van der Waals surface area contributed by atoms with Gasteiger partial charge in [-0.1, -0.05) is 64.6 Å².